The maximum absolute atomic E-state index is 11.8. The molecule has 0 amide bonds. The van der Waals surface area contributed by atoms with Gasteiger partial charge in [-0.15, -0.1) is 12.4 Å². The van der Waals surface area contributed by atoms with Crippen LogP contribution in [0.25, 0.3) is 0 Å². The second-order valence-electron chi connectivity index (χ2n) is 2.77. The number of hydrogen-bond donors (Lipinski definition) is 1. The van der Waals surface area contributed by atoms with Crippen LogP contribution in [-0.2, 0) is 10.0 Å². The maximum atomic E-state index is 11.8. The summed E-state index contributed by atoms with van der Waals surface area (Å²) in [7, 11) is -3.39. The van der Waals surface area contributed by atoms with Gasteiger partial charge in [-0.2, -0.15) is 4.31 Å². The fourth-order valence-corrected chi connectivity index (χ4v) is 2.47. The molecule has 0 spiro atoms. The summed E-state index contributed by atoms with van der Waals surface area (Å²) in [6.45, 7) is 2.15. The summed E-state index contributed by atoms with van der Waals surface area (Å²) < 4.78 is 24.9. The minimum atomic E-state index is -3.39. The van der Waals surface area contributed by atoms with Gasteiger partial charge < -0.3 is 5.73 Å². The summed E-state index contributed by atoms with van der Waals surface area (Å²) in [5.74, 6) is 0. The summed E-state index contributed by atoms with van der Waals surface area (Å²) in [6.07, 6.45) is 0. The van der Waals surface area contributed by atoms with Crippen LogP contribution in [0.5, 0.6) is 0 Å². The van der Waals surface area contributed by atoms with Crippen molar-refractivity contribution in [3.63, 3.8) is 0 Å². The van der Waals surface area contributed by atoms with Gasteiger partial charge in [0.2, 0.25) is 10.0 Å². The van der Waals surface area contributed by atoms with Gasteiger partial charge in [0.25, 0.3) is 0 Å². The lowest BCUT2D eigenvalue weighted by Gasteiger charge is -2.17. The largest absolute Gasteiger partial charge is 0.317 e. The first-order valence-electron chi connectivity index (χ1n) is 4.38. The highest BCUT2D eigenvalue weighted by molar-refractivity contribution is 7.89. The molecule has 6 heteroatoms. The van der Waals surface area contributed by atoms with E-state index in [0.717, 1.165) is 0 Å². The molecule has 2 N–H and O–H groups in total. The standard InChI is InChI=1S/C9H14N2O2S.ClH/c1-2-11(8-10)14(12,13)9-6-4-3-5-7-9;/h3-7H,2,8,10H2,1H3;1H. The topological polar surface area (TPSA) is 63.4 Å². The van der Waals surface area contributed by atoms with Crippen LogP contribution in [0.4, 0.5) is 0 Å². The lowest BCUT2D eigenvalue weighted by atomic mass is 10.4. The van der Waals surface area contributed by atoms with E-state index < -0.39 is 10.0 Å². The third-order valence-electron chi connectivity index (χ3n) is 1.94. The van der Waals surface area contributed by atoms with Gasteiger partial charge in [0.15, 0.2) is 0 Å². The minimum absolute atomic E-state index is 0. The van der Waals surface area contributed by atoms with Gasteiger partial charge in [-0.05, 0) is 12.1 Å². The Kier molecular flexibility index (Phi) is 5.82. The summed E-state index contributed by atoms with van der Waals surface area (Å²) >= 11 is 0. The fourth-order valence-electron chi connectivity index (χ4n) is 1.14. The summed E-state index contributed by atoms with van der Waals surface area (Å²) in [5.41, 5.74) is 5.35. The van der Waals surface area contributed by atoms with Crippen LogP contribution in [0.1, 0.15) is 6.92 Å². The molecule has 15 heavy (non-hydrogen) atoms. The van der Waals surface area contributed by atoms with Gasteiger partial charge in [0, 0.05) is 6.54 Å². The van der Waals surface area contributed by atoms with Crippen molar-refractivity contribution in [2.75, 3.05) is 13.2 Å². The number of nitrogens with zero attached hydrogens (tertiary/aromatic N) is 1. The number of nitrogens with two attached hydrogens (primary N) is 1. The third kappa shape index (κ3) is 3.17. The van der Waals surface area contributed by atoms with Crippen molar-refractivity contribution in [3.8, 4) is 0 Å². The Morgan fingerprint density at radius 2 is 1.80 bits per heavy atom. The van der Waals surface area contributed by atoms with Crippen molar-refractivity contribution in [2.24, 2.45) is 5.73 Å². The minimum Gasteiger partial charge on any atom is -0.317 e. The molecule has 0 unspecified atom stereocenters. The molecule has 0 atom stereocenters. The van der Waals surface area contributed by atoms with Crippen LogP contribution in [0.3, 0.4) is 0 Å². The molecule has 0 saturated carbocycles. The van der Waals surface area contributed by atoms with Crippen molar-refractivity contribution in [2.45, 2.75) is 11.8 Å². The molecule has 0 aliphatic rings. The molecule has 0 heterocycles. The van der Waals surface area contributed by atoms with Gasteiger partial charge >= 0.3 is 0 Å². The van der Waals surface area contributed by atoms with E-state index in [4.69, 9.17) is 5.73 Å². The predicted octanol–water partition coefficient (Wildman–Crippen LogP) is 1.04. The van der Waals surface area contributed by atoms with Gasteiger partial charge in [0.05, 0.1) is 11.6 Å². The second-order valence-corrected chi connectivity index (χ2v) is 4.71. The fraction of sp³-hybridized carbons (Fsp3) is 0.333. The smallest absolute Gasteiger partial charge is 0.244 e. The SMILES string of the molecule is CCN(CN)S(=O)(=O)c1ccccc1.Cl. The zero-order valence-corrected chi connectivity index (χ0v) is 10.1. The van der Waals surface area contributed by atoms with Crippen LogP contribution >= 0.6 is 12.4 Å². The summed E-state index contributed by atoms with van der Waals surface area (Å²) in [5, 5.41) is 0. The van der Waals surface area contributed by atoms with E-state index in [2.05, 4.69) is 0 Å². The number of rotatable bonds is 4. The Hall–Kier alpha value is -0.620. The quantitative estimate of drug-likeness (QED) is 0.812. The Balaban J connectivity index is 0.00000196. The van der Waals surface area contributed by atoms with Crippen molar-refractivity contribution >= 4 is 22.4 Å². The van der Waals surface area contributed by atoms with Crippen LogP contribution in [0.2, 0.25) is 0 Å². The molecule has 0 aliphatic heterocycles. The monoisotopic (exact) mass is 250 g/mol. The molecule has 0 fully saturated rings. The highest BCUT2D eigenvalue weighted by atomic mass is 35.5. The molecule has 0 radical (unpaired) electrons. The number of benzene rings is 1. The van der Waals surface area contributed by atoms with Crippen molar-refractivity contribution < 1.29 is 8.42 Å². The van der Waals surface area contributed by atoms with Crippen LogP contribution in [0.15, 0.2) is 35.2 Å². The van der Waals surface area contributed by atoms with E-state index in [-0.39, 0.29) is 24.0 Å². The van der Waals surface area contributed by atoms with Crippen molar-refractivity contribution in [3.05, 3.63) is 30.3 Å². The highest BCUT2D eigenvalue weighted by Crippen LogP contribution is 2.13. The molecule has 0 aliphatic carbocycles. The van der Waals surface area contributed by atoms with E-state index in [1.807, 2.05) is 0 Å². The normalized spacial score (nSPS) is 11.1. The first kappa shape index (κ1) is 14.4. The van der Waals surface area contributed by atoms with E-state index in [0.29, 0.717) is 6.54 Å². The molecule has 1 aromatic carbocycles. The zero-order chi connectivity index (χ0) is 10.6. The molecule has 1 aromatic rings. The lowest BCUT2D eigenvalue weighted by molar-refractivity contribution is 0.438. The first-order chi connectivity index (χ1) is 6.62. The molecule has 86 valence electrons. The highest BCUT2D eigenvalue weighted by Gasteiger charge is 2.20. The summed E-state index contributed by atoms with van der Waals surface area (Å²) in [4.78, 5) is 0.285. The Morgan fingerprint density at radius 1 is 1.27 bits per heavy atom. The average Bonchev–Trinajstić information content (AvgIpc) is 2.20. The molecule has 0 saturated heterocycles. The van der Waals surface area contributed by atoms with E-state index in [1.165, 1.54) is 4.31 Å². The van der Waals surface area contributed by atoms with Gasteiger partial charge in [0.1, 0.15) is 0 Å². The summed E-state index contributed by atoms with van der Waals surface area (Å²) in [6, 6.07) is 8.29. The molecule has 0 aromatic heterocycles. The van der Waals surface area contributed by atoms with E-state index in [1.54, 1.807) is 37.3 Å². The second kappa shape index (κ2) is 6.07. The van der Waals surface area contributed by atoms with Crippen LogP contribution < -0.4 is 5.73 Å². The Morgan fingerprint density at radius 3 is 2.20 bits per heavy atom. The Bertz CT molecular complexity index is 376. The maximum Gasteiger partial charge on any atom is 0.244 e. The first-order valence-corrected chi connectivity index (χ1v) is 5.82. The van der Waals surface area contributed by atoms with Crippen LogP contribution in [0, 0.1) is 0 Å². The predicted molar refractivity (Wildman–Crippen MR) is 62.3 cm³/mol. The van der Waals surface area contributed by atoms with Crippen molar-refractivity contribution in [1.82, 2.24) is 4.31 Å². The van der Waals surface area contributed by atoms with Gasteiger partial charge in [-0.1, -0.05) is 25.1 Å². The Labute approximate surface area is 96.5 Å². The van der Waals surface area contributed by atoms with E-state index >= 15 is 0 Å². The molecule has 0 bridgehead atoms. The van der Waals surface area contributed by atoms with E-state index in [9.17, 15) is 8.42 Å². The van der Waals surface area contributed by atoms with Gasteiger partial charge in [-0.25, -0.2) is 8.42 Å². The average molecular weight is 251 g/mol. The molecular formula is C9H15ClN2O2S. The zero-order valence-electron chi connectivity index (χ0n) is 8.46. The van der Waals surface area contributed by atoms with Crippen LogP contribution in [-0.4, -0.2) is 25.9 Å². The van der Waals surface area contributed by atoms with Gasteiger partial charge in [-0.3, -0.25) is 0 Å². The number of hydrogen-bond acceptors (Lipinski definition) is 3. The lowest BCUT2D eigenvalue weighted by Crippen LogP contribution is -2.35. The molecule has 1 rings (SSSR count). The number of sulfonamides is 1. The number of halogens is 1. The third-order valence-corrected chi connectivity index (χ3v) is 3.89. The molecular weight excluding hydrogens is 236 g/mol. The van der Waals surface area contributed by atoms with Crippen molar-refractivity contribution in [1.29, 1.82) is 0 Å². The molecule has 4 nitrogen and oxygen atoms in total.